The molecule has 1 aliphatic heterocycles. The van der Waals surface area contributed by atoms with Gasteiger partial charge in [0.25, 0.3) is 0 Å². The van der Waals surface area contributed by atoms with E-state index < -0.39 is 6.10 Å². The van der Waals surface area contributed by atoms with Crippen molar-refractivity contribution in [1.82, 2.24) is 15.3 Å². The van der Waals surface area contributed by atoms with Crippen molar-refractivity contribution in [3.63, 3.8) is 0 Å². The SMILES string of the molecule is Cc1nc(N2CCC(NC[C@H](O)c3ccc(O)cc3)CC2)c2ccsc2n1. The van der Waals surface area contributed by atoms with Crippen LogP contribution >= 0.6 is 11.3 Å². The van der Waals surface area contributed by atoms with Crippen LogP contribution in [-0.4, -0.2) is 45.9 Å². The number of hydrogen-bond donors (Lipinski definition) is 3. The summed E-state index contributed by atoms with van der Waals surface area (Å²) in [5, 5.41) is 26.4. The zero-order chi connectivity index (χ0) is 18.8. The number of nitrogens with one attached hydrogen (secondary N) is 1. The number of fused-ring (bicyclic) bond motifs is 1. The number of phenols is 1. The van der Waals surface area contributed by atoms with Gasteiger partial charge in [-0.15, -0.1) is 11.3 Å². The number of nitrogens with zero attached hydrogens (tertiary/aromatic N) is 3. The van der Waals surface area contributed by atoms with Crippen molar-refractivity contribution in [2.75, 3.05) is 24.5 Å². The molecule has 7 heteroatoms. The largest absolute Gasteiger partial charge is 0.508 e. The van der Waals surface area contributed by atoms with E-state index in [1.165, 1.54) is 0 Å². The summed E-state index contributed by atoms with van der Waals surface area (Å²) in [6, 6.07) is 9.21. The van der Waals surface area contributed by atoms with Gasteiger partial charge in [-0.2, -0.15) is 0 Å². The molecular formula is C20H24N4O2S. The van der Waals surface area contributed by atoms with Crippen molar-refractivity contribution in [2.45, 2.75) is 31.9 Å². The topological polar surface area (TPSA) is 81.5 Å². The third kappa shape index (κ3) is 4.05. The fourth-order valence-electron chi connectivity index (χ4n) is 3.57. The van der Waals surface area contributed by atoms with Crippen LogP contribution in [0.5, 0.6) is 5.75 Å². The van der Waals surface area contributed by atoms with Crippen LogP contribution in [0.2, 0.25) is 0 Å². The molecule has 0 radical (unpaired) electrons. The molecule has 0 spiro atoms. The molecule has 1 aromatic carbocycles. The number of aryl methyl sites for hydroxylation is 1. The number of aliphatic hydroxyl groups is 1. The first-order valence-electron chi connectivity index (χ1n) is 9.27. The number of rotatable bonds is 5. The molecule has 4 rings (SSSR count). The smallest absolute Gasteiger partial charge is 0.141 e. The summed E-state index contributed by atoms with van der Waals surface area (Å²) in [7, 11) is 0. The summed E-state index contributed by atoms with van der Waals surface area (Å²) < 4.78 is 0. The Hall–Kier alpha value is -2.22. The predicted molar refractivity (Wildman–Crippen MR) is 108 cm³/mol. The highest BCUT2D eigenvalue weighted by Crippen LogP contribution is 2.29. The van der Waals surface area contributed by atoms with Gasteiger partial charge in [-0.05, 0) is 48.9 Å². The number of aromatic nitrogens is 2. The molecule has 3 heterocycles. The Morgan fingerprint density at radius 2 is 1.93 bits per heavy atom. The van der Waals surface area contributed by atoms with Crippen molar-refractivity contribution in [2.24, 2.45) is 0 Å². The molecule has 1 fully saturated rings. The van der Waals surface area contributed by atoms with Crippen LogP contribution in [0.4, 0.5) is 5.82 Å². The minimum absolute atomic E-state index is 0.214. The first-order valence-corrected chi connectivity index (χ1v) is 10.2. The number of aliphatic hydroxyl groups excluding tert-OH is 1. The van der Waals surface area contributed by atoms with Crippen LogP contribution in [0.3, 0.4) is 0 Å². The van der Waals surface area contributed by atoms with Crippen molar-refractivity contribution in [1.29, 1.82) is 0 Å². The monoisotopic (exact) mass is 384 g/mol. The lowest BCUT2D eigenvalue weighted by molar-refractivity contribution is 0.167. The molecule has 1 atom stereocenters. The Bertz CT molecular complexity index is 904. The van der Waals surface area contributed by atoms with Crippen LogP contribution in [0.1, 0.15) is 30.3 Å². The van der Waals surface area contributed by atoms with Gasteiger partial charge in [0.2, 0.25) is 0 Å². The average molecular weight is 385 g/mol. The number of thiophene rings is 1. The quantitative estimate of drug-likeness (QED) is 0.627. The van der Waals surface area contributed by atoms with Crippen LogP contribution in [-0.2, 0) is 0 Å². The highest BCUT2D eigenvalue weighted by molar-refractivity contribution is 7.16. The summed E-state index contributed by atoms with van der Waals surface area (Å²) >= 11 is 1.66. The Morgan fingerprint density at radius 1 is 1.19 bits per heavy atom. The highest BCUT2D eigenvalue weighted by Gasteiger charge is 2.23. The van der Waals surface area contributed by atoms with Crippen LogP contribution < -0.4 is 10.2 Å². The zero-order valence-electron chi connectivity index (χ0n) is 15.3. The van der Waals surface area contributed by atoms with E-state index in [0.717, 1.165) is 53.4 Å². The van der Waals surface area contributed by atoms with Crippen LogP contribution in [0, 0.1) is 6.92 Å². The van der Waals surface area contributed by atoms with E-state index in [2.05, 4.69) is 31.6 Å². The first kappa shape index (κ1) is 18.2. The second-order valence-electron chi connectivity index (χ2n) is 7.01. The van der Waals surface area contributed by atoms with Gasteiger partial charge in [-0.3, -0.25) is 0 Å². The van der Waals surface area contributed by atoms with Gasteiger partial charge in [0.1, 0.15) is 22.2 Å². The van der Waals surface area contributed by atoms with Gasteiger partial charge >= 0.3 is 0 Å². The Balaban J connectivity index is 1.33. The number of hydrogen-bond acceptors (Lipinski definition) is 7. The molecule has 0 bridgehead atoms. The van der Waals surface area contributed by atoms with Gasteiger partial charge in [-0.25, -0.2) is 9.97 Å². The average Bonchev–Trinajstić information content (AvgIpc) is 3.15. The third-order valence-electron chi connectivity index (χ3n) is 5.09. The third-order valence-corrected chi connectivity index (χ3v) is 5.90. The second kappa shape index (κ2) is 7.80. The number of phenolic OH excluding ortho intramolecular Hbond substituents is 1. The molecule has 3 N–H and O–H groups in total. The van der Waals surface area contributed by atoms with Gasteiger partial charge in [0, 0.05) is 25.7 Å². The molecule has 0 aliphatic carbocycles. The van der Waals surface area contributed by atoms with Crippen molar-refractivity contribution < 1.29 is 10.2 Å². The highest BCUT2D eigenvalue weighted by atomic mass is 32.1. The van der Waals surface area contributed by atoms with E-state index in [-0.39, 0.29) is 5.75 Å². The lowest BCUT2D eigenvalue weighted by atomic mass is 10.0. The fraction of sp³-hybridized carbons (Fsp3) is 0.400. The molecule has 3 aromatic rings. The summed E-state index contributed by atoms with van der Waals surface area (Å²) in [6.45, 7) is 4.33. The van der Waals surface area contributed by atoms with Gasteiger partial charge in [-0.1, -0.05) is 12.1 Å². The molecule has 6 nitrogen and oxygen atoms in total. The Kier molecular flexibility index (Phi) is 5.24. The van der Waals surface area contributed by atoms with Crippen molar-refractivity contribution in [3.8, 4) is 5.75 Å². The second-order valence-corrected chi connectivity index (χ2v) is 7.91. The van der Waals surface area contributed by atoms with E-state index in [0.29, 0.717) is 12.6 Å². The predicted octanol–water partition coefficient (Wildman–Crippen LogP) is 3.00. The Labute approximate surface area is 162 Å². The van der Waals surface area contributed by atoms with E-state index >= 15 is 0 Å². The van der Waals surface area contributed by atoms with Crippen LogP contribution in [0.15, 0.2) is 35.7 Å². The fourth-order valence-corrected chi connectivity index (χ4v) is 4.38. The summed E-state index contributed by atoms with van der Waals surface area (Å²) in [4.78, 5) is 12.6. The molecule has 1 saturated heterocycles. The number of benzene rings is 1. The summed E-state index contributed by atoms with van der Waals surface area (Å²) in [6.07, 6.45) is 1.45. The molecule has 142 valence electrons. The molecule has 0 amide bonds. The van der Waals surface area contributed by atoms with E-state index in [9.17, 15) is 10.2 Å². The van der Waals surface area contributed by atoms with E-state index in [4.69, 9.17) is 0 Å². The number of piperidine rings is 1. The molecule has 1 aliphatic rings. The normalized spacial score (nSPS) is 16.7. The molecule has 0 saturated carbocycles. The lowest BCUT2D eigenvalue weighted by Crippen LogP contribution is -2.44. The van der Waals surface area contributed by atoms with Crippen molar-refractivity contribution in [3.05, 3.63) is 47.1 Å². The number of anilines is 1. The minimum Gasteiger partial charge on any atom is -0.508 e. The van der Waals surface area contributed by atoms with Gasteiger partial charge in [0.05, 0.1) is 11.5 Å². The maximum absolute atomic E-state index is 10.3. The van der Waals surface area contributed by atoms with Crippen LogP contribution in [0.25, 0.3) is 10.2 Å². The van der Waals surface area contributed by atoms with Gasteiger partial charge < -0.3 is 20.4 Å². The summed E-state index contributed by atoms with van der Waals surface area (Å²) in [5.41, 5.74) is 0.814. The van der Waals surface area contributed by atoms with Gasteiger partial charge in [0.15, 0.2) is 0 Å². The zero-order valence-corrected chi connectivity index (χ0v) is 16.1. The molecule has 27 heavy (non-hydrogen) atoms. The Morgan fingerprint density at radius 3 is 2.67 bits per heavy atom. The molecule has 0 unspecified atom stereocenters. The van der Waals surface area contributed by atoms with E-state index in [1.54, 1.807) is 35.6 Å². The standard InChI is InChI=1S/C20H24N4O2S/c1-13-22-19(17-8-11-27-20(17)23-13)24-9-6-15(7-10-24)21-12-18(26)14-2-4-16(25)5-3-14/h2-5,8,11,15,18,21,25-26H,6-7,9-10,12H2,1H3/t18-/m0/s1. The first-order chi connectivity index (χ1) is 13.1. The van der Waals surface area contributed by atoms with E-state index in [1.807, 2.05) is 6.92 Å². The lowest BCUT2D eigenvalue weighted by Gasteiger charge is -2.34. The summed E-state index contributed by atoms with van der Waals surface area (Å²) in [5.74, 6) is 2.07. The minimum atomic E-state index is -0.571. The molecular weight excluding hydrogens is 360 g/mol. The maximum atomic E-state index is 10.3. The van der Waals surface area contributed by atoms with Crippen molar-refractivity contribution >= 4 is 27.4 Å². The maximum Gasteiger partial charge on any atom is 0.141 e. The number of aromatic hydroxyl groups is 1. The molecule has 2 aromatic heterocycles.